The molecule has 2 aromatic rings. The Morgan fingerprint density at radius 2 is 1.85 bits per heavy atom. The number of alkyl halides is 2. The van der Waals surface area contributed by atoms with Gasteiger partial charge in [0.05, 0.1) is 14.2 Å². The third-order valence-electron chi connectivity index (χ3n) is 5.65. The second-order valence-corrected chi connectivity index (χ2v) is 7.04. The van der Waals surface area contributed by atoms with Gasteiger partial charge < -0.3 is 18.9 Å². The molecule has 0 saturated heterocycles. The maximum atomic E-state index is 13.4. The average Bonchev–Trinajstić information content (AvgIpc) is 2.96. The van der Waals surface area contributed by atoms with Crippen LogP contribution in [0, 0.1) is 0 Å². The molecule has 3 aliphatic rings. The first-order chi connectivity index (χ1) is 13.0. The lowest BCUT2D eigenvalue weighted by atomic mass is 9.83. The number of rotatable bonds is 2. The number of methoxy groups -OCH3 is 2. The molecule has 0 aromatic heterocycles. The largest absolute Gasteiger partial charge is 0.586 e. The van der Waals surface area contributed by atoms with Gasteiger partial charge in [-0.25, -0.2) is 0 Å². The van der Waals surface area contributed by atoms with Crippen LogP contribution in [0.1, 0.15) is 28.3 Å². The molecule has 3 heterocycles. The summed E-state index contributed by atoms with van der Waals surface area (Å²) in [6.45, 7) is 1.57. The zero-order valence-electron chi connectivity index (χ0n) is 15.1. The van der Waals surface area contributed by atoms with E-state index in [0.29, 0.717) is 0 Å². The Morgan fingerprint density at radius 3 is 2.59 bits per heavy atom. The Bertz CT molecular complexity index is 931. The molecule has 142 valence electrons. The van der Waals surface area contributed by atoms with Crippen LogP contribution >= 0.6 is 0 Å². The molecule has 2 aromatic carbocycles. The predicted molar refractivity (Wildman–Crippen MR) is 92.8 cm³/mol. The van der Waals surface area contributed by atoms with Crippen LogP contribution in [0.5, 0.6) is 23.0 Å². The summed E-state index contributed by atoms with van der Waals surface area (Å²) in [5.41, 5.74) is 4.38. The molecular weight excluding hydrogens is 356 g/mol. The Labute approximate surface area is 155 Å². The van der Waals surface area contributed by atoms with Gasteiger partial charge in [0.25, 0.3) is 0 Å². The van der Waals surface area contributed by atoms with E-state index in [1.165, 1.54) is 5.56 Å². The SMILES string of the molecule is COc1ccc2c(c1OC)CN1CCc3cc4c(cc3C1C2)OC(F)(F)O4. The molecule has 5 rings (SSSR count). The van der Waals surface area contributed by atoms with E-state index in [4.69, 9.17) is 9.47 Å². The number of nitrogens with zero attached hydrogens (tertiary/aromatic N) is 1. The van der Waals surface area contributed by atoms with E-state index in [-0.39, 0.29) is 17.5 Å². The molecule has 1 unspecified atom stereocenters. The standard InChI is InChI=1S/C20H19F2NO4/c1-24-16-4-3-11-7-15-13-9-18-17(26-20(21,22)27-18)8-12(13)5-6-23(15)10-14(11)19(16)25-2/h3-4,8-9,15H,5-7,10H2,1-2H3. The van der Waals surface area contributed by atoms with Crippen molar-refractivity contribution in [2.75, 3.05) is 20.8 Å². The number of fused-ring (bicyclic) bond motifs is 5. The fourth-order valence-electron chi connectivity index (χ4n) is 4.43. The summed E-state index contributed by atoms with van der Waals surface area (Å²) < 4.78 is 47.1. The number of ether oxygens (including phenoxy) is 4. The minimum absolute atomic E-state index is 0.110. The van der Waals surface area contributed by atoms with Crippen molar-refractivity contribution < 1.29 is 27.7 Å². The second-order valence-electron chi connectivity index (χ2n) is 7.04. The number of hydrogen-bond acceptors (Lipinski definition) is 5. The second kappa shape index (κ2) is 5.73. The quantitative estimate of drug-likeness (QED) is 0.801. The van der Waals surface area contributed by atoms with Gasteiger partial charge in [0.1, 0.15) is 0 Å². The Morgan fingerprint density at radius 1 is 1.07 bits per heavy atom. The van der Waals surface area contributed by atoms with Gasteiger partial charge in [-0.1, -0.05) is 6.07 Å². The van der Waals surface area contributed by atoms with Crippen molar-refractivity contribution >= 4 is 0 Å². The summed E-state index contributed by atoms with van der Waals surface area (Å²) in [5, 5.41) is 0. The van der Waals surface area contributed by atoms with Crippen molar-refractivity contribution in [1.82, 2.24) is 4.90 Å². The summed E-state index contributed by atoms with van der Waals surface area (Å²) in [6.07, 6.45) is -2.04. The summed E-state index contributed by atoms with van der Waals surface area (Å²) >= 11 is 0. The zero-order chi connectivity index (χ0) is 18.8. The molecule has 0 spiro atoms. The van der Waals surface area contributed by atoms with Gasteiger partial charge >= 0.3 is 6.29 Å². The van der Waals surface area contributed by atoms with Crippen molar-refractivity contribution in [2.24, 2.45) is 0 Å². The van der Waals surface area contributed by atoms with Crippen LogP contribution in [0.25, 0.3) is 0 Å². The number of benzene rings is 2. The molecule has 1 atom stereocenters. The first-order valence-corrected chi connectivity index (χ1v) is 8.88. The molecule has 0 amide bonds. The summed E-state index contributed by atoms with van der Waals surface area (Å²) in [7, 11) is 3.28. The fourth-order valence-corrected chi connectivity index (χ4v) is 4.43. The topological polar surface area (TPSA) is 40.2 Å². The molecule has 3 aliphatic heterocycles. The molecule has 0 fully saturated rings. The van der Waals surface area contributed by atoms with Crippen LogP contribution < -0.4 is 18.9 Å². The van der Waals surface area contributed by atoms with Crippen LogP contribution in [0.15, 0.2) is 24.3 Å². The smallest absolute Gasteiger partial charge is 0.493 e. The molecule has 27 heavy (non-hydrogen) atoms. The van der Waals surface area contributed by atoms with E-state index in [2.05, 4.69) is 20.4 Å². The molecule has 7 heteroatoms. The van der Waals surface area contributed by atoms with E-state index in [1.807, 2.05) is 6.07 Å². The molecule has 0 saturated carbocycles. The summed E-state index contributed by atoms with van der Waals surface area (Å²) in [4.78, 5) is 2.35. The molecule has 0 N–H and O–H groups in total. The van der Waals surface area contributed by atoms with Gasteiger partial charge in [0.2, 0.25) is 0 Å². The van der Waals surface area contributed by atoms with E-state index in [1.54, 1.807) is 26.4 Å². The zero-order valence-corrected chi connectivity index (χ0v) is 15.1. The lowest BCUT2D eigenvalue weighted by Crippen LogP contribution is -2.39. The molecule has 0 aliphatic carbocycles. The summed E-state index contributed by atoms with van der Waals surface area (Å²) in [6, 6.07) is 7.50. The first kappa shape index (κ1) is 16.6. The third-order valence-corrected chi connectivity index (χ3v) is 5.65. The fraction of sp³-hybridized carbons (Fsp3) is 0.400. The predicted octanol–water partition coefficient (Wildman–Crippen LogP) is 3.68. The highest BCUT2D eigenvalue weighted by molar-refractivity contribution is 5.55. The van der Waals surface area contributed by atoms with Gasteiger partial charge in [0, 0.05) is 24.7 Å². The average molecular weight is 375 g/mol. The van der Waals surface area contributed by atoms with Gasteiger partial charge in [-0.15, -0.1) is 8.78 Å². The van der Waals surface area contributed by atoms with Crippen molar-refractivity contribution in [3.8, 4) is 23.0 Å². The maximum Gasteiger partial charge on any atom is 0.586 e. The molecular formula is C20H19F2NO4. The molecule has 0 radical (unpaired) electrons. The van der Waals surface area contributed by atoms with E-state index >= 15 is 0 Å². The Balaban J connectivity index is 1.55. The highest BCUT2D eigenvalue weighted by atomic mass is 19.3. The van der Waals surface area contributed by atoms with Crippen LogP contribution in [-0.4, -0.2) is 32.0 Å². The Kier molecular flexibility index (Phi) is 3.53. The lowest BCUT2D eigenvalue weighted by molar-refractivity contribution is -0.286. The van der Waals surface area contributed by atoms with Crippen molar-refractivity contribution in [3.63, 3.8) is 0 Å². The summed E-state index contributed by atoms with van der Waals surface area (Å²) in [5.74, 6) is 1.72. The van der Waals surface area contributed by atoms with Crippen LogP contribution in [0.3, 0.4) is 0 Å². The third kappa shape index (κ3) is 2.52. The van der Waals surface area contributed by atoms with Crippen molar-refractivity contribution in [2.45, 2.75) is 31.7 Å². The van der Waals surface area contributed by atoms with E-state index in [0.717, 1.165) is 54.1 Å². The van der Waals surface area contributed by atoms with E-state index in [9.17, 15) is 8.78 Å². The molecule has 0 bridgehead atoms. The monoisotopic (exact) mass is 375 g/mol. The normalized spacial score (nSPS) is 21.9. The van der Waals surface area contributed by atoms with Crippen molar-refractivity contribution in [3.05, 3.63) is 46.5 Å². The highest BCUT2D eigenvalue weighted by Crippen LogP contribution is 2.48. The van der Waals surface area contributed by atoms with Crippen LogP contribution in [0.4, 0.5) is 8.78 Å². The first-order valence-electron chi connectivity index (χ1n) is 8.88. The minimum Gasteiger partial charge on any atom is -0.493 e. The lowest BCUT2D eigenvalue weighted by Gasteiger charge is -2.41. The number of hydrogen-bond donors (Lipinski definition) is 0. The van der Waals surface area contributed by atoms with Gasteiger partial charge in [-0.05, 0) is 47.7 Å². The molecule has 5 nitrogen and oxygen atoms in total. The Hall–Kier alpha value is -2.54. The van der Waals surface area contributed by atoms with Crippen LogP contribution in [0.2, 0.25) is 0 Å². The van der Waals surface area contributed by atoms with Crippen molar-refractivity contribution in [1.29, 1.82) is 0 Å². The van der Waals surface area contributed by atoms with Crippen LogP contribution in [-0.2, 0) is 19.4 Å². The van der Waals surface area contributed by atoms with Gasteiger partial charge in [-0.3, -0.25) is 4.90 Å². The van der Waals surface area contributed by atoms with Gasteiger partial charge in [0.15, 0.2) is 23.0 Å². The highest BCUT2D eigenvalue weighted by Gasteiger charge is 2.45. The van der Waals surface area contributed by atoms with Gasteiger partial charge in [-0.2, -0.15) is 0 Å². The number of halogens is 2. The minimum atomic E-state index is -3.59. The maximum absolute atomic E-state index is 13.4. The van der Waals surface area contributed by atoms with E-state index < -0.39 is 6.29 Å².